The molecule has 0 atom stereocenters. The van der Waals surface area contributed by atoms with E-state index in [2.05, 4.69) is 9.72 Å². The summed E-state index contributed by atoms with van der Waals surface area (Å²) in [6, 6.07) is 0.805. The van der Waals surface area contributed by atoms with E-state index in [-0.39, 0.29) is 12.4 Å². The Balaban J connectivity index is 2.95. The fourth-order valence-electron chi connectivity index (χ4n) is 0.777. The van der Waals surface area contributed by atoms with Gasteiger partial charge in [0.1, 0.15) is 5.75 Å². The van der Waals surface area contributed by atoms with Crippen LogP contribution in [-0.4, -0.2) is 22.7 Å². The molecule has 0 aliphatic rings. The number of rotatable bonds is 2. The second-order valence-electron chi connectivity index (χ2n) is 2.24. The molecular formula is C8H8FNO3. The first-order valence-electron chi connectivity index (χ1n) is 3.66. The van der Waals surface area contributed by atoms with Crippen LogP contribution in [0.5, 0.6) is 5.75 Å². The Morgan fingerprint density at radius 1 is 1.77 bits per heavy atom. The largest absolute Gasteiger partial charge is 0.506 e. The number of ether oxygens (including phenoxy) is 1. The Bertz CT molecular complexity index is 327. The van der Waals surface area contributed by atoms with Crippen molar-refractivity contribution in [1.29, 1.82) is 0 Å². The lowest BCUT2D eigenvalue weighted by molar-refractivity contribution is 0.0513. The van der Waals surface area contributed by atoms with E-state index in [1.165, 1.54) is 0 Å². The van der Waals surface area contributed by atoms with Crippen molar-refractivity contribution >= 4 is 5.97 Å². The topological polar surface area (TPSA) is 59.4 Å². The minimum absolute atomic E-state index is 0.154. The van der Waals surface area contributed by atoms with Crippen molar-refractivity contribution in [2.45, 2.75) is 6.92 Å². The molecule has 0 unspecified atom stereocenters. The highest BCUT2D eigenvalue weighted by molar-refractivity contribution is 5.87. The maximum atomic E-state index is 12.9. The number of carbonyl (C=O) groups excluding carboxylic acids is 1. The summed E-state index contributed by atoms with van der Waals surface area (Å²) in [6.07, 6.45) is 0.981. The van der Waals surface area contributed by atoms with Crippen LogP contribution < -0.4 is 0 Å². The number of hydrogen-bond donors (Lipinski definition) is 1. The summed E-state index contributed by atoms with van der Waals surface area (Å²) in [4.78, 5) is 14.4. The van der Waals surface area contributed by atoms with E-state index < -0.39 is 17.5 Å². The first kappa shape index (κ1) is 9.44. The number of carbonyl (C=O) groups is 1. The van der Waals surface area contributed by atoms with Crippen molar-refractivity contribution in [3.8, 4) is 5.75 Å². The van der Waals surface area contributed by atoms with Crippen molar-refractivity contribution in [3.05, 3.63) is 23.8 Å². The molecule has 0 fully saturated rings. The highest BCUT2D eigenvalue weighted by Gasteiger charge is 2.14. The molecule has 1 heterocycles. The van der Waals surface area contributed by atoms with Gasteiger partial charge in [-0.3, -0.25) is 0 Å². The molecule has 0 aliphatic carbocycles. The third kappa shape index (κ3) is 2.14. The molecule has 0 amide bonds. The lowest BCUT2D eigenvalue weighted by Crippen LogP contribution is -2.09. The quantitative estimate of drug-likeness (QED) is 0.701. The van der Waals surface area contributed by atoms with Crippen LogP contribution in [-0.2, 0) is 4.74 Å². The number of nitrogens with zero attached hydrogens (tertiary/aromatic N) is 1. The number of halogens is 1. The first-order valence-corrected chi connectivity index (χ1v) is 3.66. The van der Waals surface area contributed by atoms with Gasteiger partial charge in [0.15, 0.2) is 11.5 Å². The summed E-state index contributed by atoms with van der Waals surface area (Å²) in [5.41, 5.74) is -0.417. The third-order valence-corrected chi connectivity index (χ3v) is 1.30. The van der Waals surface area contributed by atoms with Crippen LogP contribution in [0.4, 0.5) is 4.39 Å². The molecule has 0 bridgehead atoms. The van der Waals surface area contributed by atoms with Gasteiger partial charge in [-0.1, -0.05) is 0 Å². The molecule has 0 spiro atoms. The fraction of sp³-hybridized carbons (Fsp3) is 0.250. The molecule has 1 rings (SSSR count). The molecule has 1 N–H and O–H groups in total. The number of pyridine rings is 1. The van der Waals surface area contributed by atoms with Gasteiger partial charge in [-0.05, 0) is 6.92 Å². The molecule has 1 aromatic heterocycles. The molecule has 5 heteroatoms. The number of hydrogen-bond acceptors (Lipinski definition) is 4. The van der Waals surface area contributed by atoms with E-state index in [0.717, 1.165) is 12.3 Å². The van der Waals surface area contributed by atoms with Crippen molar-refractivity contribution < 1.29 is 19.0 Å². The van der Waals surface area contributed by atoms with Gasteiger partial charge in [0, 0.05) is 6.07 Å². The molecule has 0 aromatic carbocycles. The highest BCUT2D eigenvalue weighted by atomic mass is 19.1. The average Bonchev–Trinajstić information content (AvgIpc) is 2.04. The van der Waals surface area contributed by atoms with E-state index in [4.69, 9.17) is 5.11 Å². The summed E-state index contributed by atoms with van der Waals surface area (Å²) >= 11 is 0. The highest BCUT2D eigenvalue weighted by Crippen LogP contribution is 2.12. The maximum Gasteiger partial charge on any atom is 0.359 e. The summed E-state index contributed by atoms with van der Waals surface area (Å²) in [5.74, 6) is -2.05. The summed E-state index contributed by atoms with van der Waals surface area (Å²) in [6.45, 7) is 1.76. The van der Waals surface area contributed by atoms with E-state index in [1.54, 1.807) is 6.92 Å². The maximum absolute atomic E-state index is 12.9. The van der Waals surface area contributed by atoms with Crippen LogP contribution in [0.3, 0.4) is 0 Å². The molecule has 70 valence electrons. The SMILES string of the molecule is CCOC(=O)c1ncc(O)cc1F. The van der Waals surface area contributed by atoms with Crippen LogP contribution >= 0.6 is 0 Å². The lowest BCUT2D eigenvalue weighted by atomic mass is 10.3. The number of esters is 1. The van der Waals surface area contributed by atoms with Gasteiger partial charge in [0.25, 0.3) is 0 Å². The standard InChI is InChI=1S/C8H8FNO3/c1-2-13-8(12)7-6(9)3-5(11)4-10-7/h3-4,11H,2H2,1H3. The van der Waals surface area contributed by atoms with Gasteiger partial charge in [-0.25, -0.2) is 14.2 Å². The molecule has 4 nitrogen and oxygen atoms in total. The second kappa shape index (κ2) is 3.84. The van der Waals surface area contributed by atoms with Crippen LogP contribution in [0.25, 0.3) is 0 Å². The molecule has 1 aromatic rings. The number of aromatic hydroxyl groups is 1. The van der Waals surface area contributed by atoms with E-state index in [9.17, 15) is 9.18 Å². The van der Waals surface area contributed by atoms with Crippen molar-refractivity contribution in [2.75, 3.05) is 6.61 Å². The molecular weight excluding hydrogens is 177 g/mol. The van der Waals surface area contributed by atoms with Crippen LogP contribution in [0.15, 0.2) is 12.3 Å². The second-order valence-corrected chi connectivity index (χ2v) is 2.24. The van der Waals surface area contributed by atoms with Crippen molar-refractivity contribution in [2.24, 2.45) is 0 Å². The van der Waals surface area contributed by atoms with Gasteiger partial charge >= 0.3 is 5.97 Å². The van der Waals surface area contributed by atoms with Crippen LogP contribution in [0, 0.1) is 5.82 Å². The predicted octanol–water partition coefficient (Wildman–Crippen LogP) is 1.10. The van der Waals surface area contributed by atoms with Gasteiger partial charge in [-0.2, -0.15) is 0 Å². The summed E-state index contributed by atoms with van der Waals surface area (Å²) < 4.78 is 17.4. The Morgan fingerprint density at radius 3 is 3.00 bits per heavy atom. The zero-order valence-electron chi connectivity index (χ0n) is 6.95. The van der Waals surface area contributed by atoms with Crippen LogP contribution in [0.2, 0.25) is 0 Å². The summed E-state index contributed by atoms with van der Waals surface area (Å²) in [5, 5.41) is 8.79. The minimum Gasteiger partial charge on any atom is -0.506 e. The smallest absolute Gasteiger partial charge is 0.359 e. The van der Waals surface area contributed by atoms with Crippen LogP contribution in [0.1, 0.15) is 17.4 Å². The first-order chi connectivity index (χ1) is 6.15. The normalized spacial score (nSPS) is 9.69. The zero-order chi connectivity index (χ0) is 9.84. The van der Waals surface area contributed by atoms with Crippen molar-refractivity contribution in [3.63, 3.8) is 0 Å². The Morgan fingerprint density at radius 2 is 2.46 bits per heavy atom. The fourth-order valence-corrected chi connectivity index (χ4v) is 0.777. The summed E-state index contributed by atoms with van der Waals surface area (Å²) in [7, 11) is 0. The average molecular weight is 185 g/mol. The lowest BCUT2D eigenvalue weighted by Gasteiger charge is -2.01. The predicted molar refractivity (Wildman–Crippen MR) is 41.8 cm³/mol. The molecule has 0 saturated heterocycles. The van der Waals surface area contributed by atoms with Gasteiger partial charge in [0.2, 0.25) is 0 Å². The Hall–Kier alpha value is -1.65. The zero-order valence-corrected chi connectivity index (χ0v) is 6.95. The Labute approximate surface area is 74.0 Å². The molecule has 0 saturated carbocycles. The molecule has 13 heavy (non-hydrogen) atoms. The van der Waals surface area contributed by atoms with E-state index in [0.29, 0.717) is 0 Å². The Kier molecular flexibility index (Phi) is 2.79. The third-order valence-electron chi connectivity index (χ3n) is 1.30. The minimum atomic E-state index is -0.890. The number of aromatic nitrogens is 1. The van der Waals surface area contributed by atoms with Gasteiger partial charge in [-0.15, -0.1) is 0 Å². The van der Waals surface area contributed by atoms with Gasteiger partial charge < -0.3 is 9.84 Å². The van der Waals surface area contributed by atoms with E-state index >= 15 is 0 Å². The van der Waals surface area contributed by atoms with Crippen molar-refractivity contribution in [1.82, 2.24) is 4.98 Å². The monoisotopic (exact) mass is 185 g/mol. The van der Waals surface area contributed by atoms with E-state index in [1.807, 2.05) is 0 Å². The van der Waals surface area contributed by atoms with Gasteiger partial charge in [0.05, 0.1) is 12.8 Å². The molecule has 0 aliphatic heterocycles. The molecule has 0 radical (unpaired) electrons.